The Balaban J connectivity index is 1.41. The standard InChI is InChI=1S/C22H26N4O4/c27-21(24-23-14-19-8-4-5-9-20(19)30-17-22(28)29)16-26-12-10-25(11-13-26)15-18-6-2-1-3-7-18/h1-9,14H,10-13,15-17H2,(H,24,27)(H,28,29)/b23-14-. The van der Waals surface area contributed by atoms with Crippen LogP contribution in [0.5, 0.6) is 5.75 Å². The number of para-hydroxylation sites is 1. The quantitative estimate of drug-likeness (QED) is 0.480. The summed E-state index contributed by atoms with van der Waals surface area (Å²) < 4.78 is 5.21. The van der Waals surface area contributed by atoms with Crippen molar-refractivity contribution >= 4 is 18.1 Å². The number of amides is 1. The highest BCUT2D eigenvalue weighted by atomic mass is 16.5. The van der Waals surface area contributed by atoms with E-state index in [0.717, 1.165) is 32.7 Å². The van der Waals surface area contributed by atoms with Gasteiger partial charge >= 0.3 is 5.97 Å². The zero-order chi connectivity index (χ0) is 21.2. The van der Waals surface area contributed by atoms with Crippen LogP contribution in [-0.2, 0) is 16.1 Å². The van der Waals surface area contributed by atoms with Gasteiger partial charge in [0.05, 0.1) is 12.8 Å². The predicted octanol–water partition coefficient (Wildman–Crippen LogP) is 1.42. The average Bonchev–Trinajstić information content (AvgIpc) is 2.75. The second-order valence-electron chi connectivity index (χ2n) is 7.05. The molecular formula is C22H26N4O4. The van der Waals surface area contributed by atoms with Gasteiger partial charge in [0, 0.05) is 38.3 Å². The van der Waals surface area contributed by atoms with E-state index in [4.69, 9.17) is 9.84 Å². The van der Waals surface area contributed by atoms with Gasteiger partial charge in [-0.05, 0) is 17.7 Å². The molecule has 158 valence electrons. The number of rotatable bonds is 9. The highest BCUT2D eigenvalue weighted by Gasteiger charge is 2.18. The largest absolute Gasteiger partial charge is 0.481 e. The lowest BCUT2D eigenvalue weighted by atomic mass is 10.2. The molecule has 2 aromatic rings. The lowest BCUT2D eigenvalue weighted by Crippen LogP contribution is -2.48. The second-order valence-corrected chi connectivity index (χ2v) is 7.05. The number of ether oxygens (including phenoxy) is 1. The summed E-state index contributed by atoms with van der Waals surface area (Å²) in [6.07, 6.45) is 1.45. The van der Waals surface area contributed by atoms with Crippen LogP contribution in [0.1, 0.15) is 11.1 Å². The molecule has 1 aliphatic heterocycles. The normalized spacial score (nSPS) is 15.2. The summed E-state index contributed by atoms with van der Waals surface area (Å²) in [5, 5.41) is 12.7. The highest BCUT2D eigenvalue weighted by molar-refractivity contribution is 5.85. The molecule has 30 heavy (non-hydrogen) atoms. The van der Waals surface area contributed by atoms with Gasteiger partial charge in [0.15, 0.2) is 6.61 Å². The van der Waals surface area contributed by atoms with Crippen molar-refractivity contribution in [3.05, 3.63) is 65.7 Å². The van der Waals surface area contributed by atoms with Gasteiger partial charge in [-0.3, -0.25) is 14.6 Å². The van der Waals surface area contributed by atoms with E-state index < -0.39 is 12.6 Å². The van der Waals surface area contributed by atoms with E-state index in [-0.39, 0.29) is 12.5 Å². The van der Waals surface area contributed by atoms with Crippen LogP contribution in [0, 0.1) is 0 Å². The SMILES string of the molecule is O=C(O)COc1ccccc1/C=N\NC(=O)CN1CCN(Cc2ccccc2)CC1. The third-order valence-electron chi connectivity index (χ3n) is 4.74. The fraction of sp³-hybridized carbons (Fsp3) is 0.318. The molecule has 0 saturated carbocycles. The topological polar surface area (TPSA) is 94.5 Å². The van der Waals surface area contributed by atoms with E-state index in [9.17, 15) is 9.59 Å². The molecule has 1 saturated heterocycles. The van der Waals surface area contributed by atoms with Crippen molar-refractivity contribution in [3.63, 3.8) is 0 Å². The summed E-state index contributed by atoms with van der Waals surface area (Å²) >= 11 is 0. The molecule has 0 spiro atoms. The van der Waals surface area contributed by atoms with E-state index in [1.54, 1.807) is 24.3 Å². The first kappa shape index (κ1) is 21.5. The first-order chi connectivity index (χ1) is 14.6. The third kappa shape index (κ3) is 6.98. The Hall–Kier alpha value is -3.23. The molecule has 2 aromatic carbocycles. The smallest absolute Gasteiger partial charge is 0.341 e. The minimum atomic E-state index is -1.06. The molecule has 0 radical (unpaired) electrons. The van der Waals surface area contributed by atoms with Crippen LogP contribution in [0.3, 0.4) is 0 Å². The summed E-state index contributed by atoms with van der Waals surface area (Å²) in [7, 11) is 0. The first-order valence-electron chi connectivity index (χ1n) is 9.84. The number of hydrogen-bond donors (Lipinski definition) is 2. The Morgan fingerprint density at radius 3 is 2.40 bits per heavy atom. The number of carbonyl (C=O) groups excluding carboxylic acids is 1. The number of carboxylic acids is 1. The highest BCUT2D eigenvalue weighted by Crippen LogP contribution is 2.15. The van der Waals surface area contributed by atoms with Gasteiger partial charge < -0.3 is 9.84 Å². The van der Waals surface area contributed by atoms with Crippen LogP contribution in [-0.4, -0.2) is 72.3 Å². The molecule has 1 aliphatic rings. The zero-order valence-electron chi connectivity index (χ0n) is 16.7. The van der Waals surface area contributed by atoms with Crippen LogP contribution >= 0.6 is 0 Å². The van der Waals surface area contributed by atoms with Gasteiger partial charge in [-0.1, -0.05) is 42.5 Å². The van der Waals surface area contributed by atoms with Crippen LogP contribution in [0.25, 0.3) is 0 Å². The Bertz CT molecular complexity index is 864. The van der Waals surface area contributed by atoms with Crippen molar-refractivity contribution in [2.24, 2.45) is 5.10 Å². The Labute approximate surface area is 175 Å². The van der Waals surface area contributed by atoms with Gasteiger partial charge in [0.25, 0.3) is 5.91 Å². The Kier molecular flexibility index (Phi) is 7.94. The maximum Gasteiger partial charge on any atom is 0.341 e. The molecule has 8 heteroatoms. The van der Waals surface area contributed by atoms with Crippen LogP contribution < -0.4 is 10.2 Å². The van der Waals surface area contributed by atoms with Crippen molar-refractivity contribution in [2.75, 3.05) is 39.3 Å². The summed E-state index contributed by atoms with van der Waals surface area (Å²) in [4.78, 5) is 27.3. The second kappa shape index (κ2) is 11.1. The molecule has 3 rings (SSSR count). The van der Waals surface area contributed by atoms with Gasteiger partial charge in [0.1, 0.15) is 5.75 Å². The predicted molar refractivity (Wildman–Crippen MR) is 113 cm³/mol. The van der Waals surface area contributed by atoms with E-state index in [1.807, 2.05) is 18.2 Å². The maximum atomic E-state index is 12.2. The van der Waals surface area contributed by atoms with Gasteiger partial charge in [-0.25, -0.2) is 10.2 Å². The summed E-state index contributed by atoms with van der Waals surface area (Å²) in [6.45, 7) is 4.26. The molecule has 1 heterocycles. The van der Waals surface area contributed by atoms with E-state index >= 15 is 0 Å². The lowest BCUT2D eigenvalue weighted by molar-refractivity contribution is -0.139. The molecule has 0 unspecified atom stereocenters. The zero-order valence-corrected chi connectivity index (χ0v) is 16.7. The number of carbonyl (C=O) groups is 2. The number of nitrogens with one attached hydrogen (secondary N) is 1. The summed E-state index contributed by atoms with van der Waals surface area (Å²) in [5.41, 5.74) is 4.41. The van der Waals surface area contributed by atoms with Crippen LogP contribution in [0.15, 0.2) is 59.7 Å². The van der Waals surface area contributed by atoms with Crippen LogP contribution in [0.2, 0.25) is 0 Å². The molecule has 0 aromatic heterocycles. The molecule has 0 aliphatic carbocycles. The first-order valence-corrected chi connectivity index (χ1v) is 9.84. The fourth-order valence-corrected chi connectivity index (χ4v) is 3.22. The number of hydrazone groups is 1. The van der Waals surface area contributed by atoms with Crippen molar-refractivity contribution in [3.8, 4) is 5.75 Å². The summed E-state index contributed by atoms with van der Waals surface area (Å²) in [6, 6.07) is 17.3. The Morgan fingerprint density at radius 1 is 1.00 bits per heavy atom. The minimum absolute atomic E-state index is 0.188. The molecule has 0 atom stereocenters. The van der Waals surface area contributed by atoms with Gasteiger partial charge in [0.2, 0.25) is 0 Å². The molecule has 8 nitrogen and oxygen atoms in total. The third-order valence-corrected chi connectivity index (χ3v) is 4.74. The number of carboxylic acid groups (broad SMARTS) is 1. The van der Waals surface area contributed by atoms with E-state index in [2.05, 4.69) is 32.5 Å². The minimum Gasteiger partial charge on any atom is -0.481 e. The van der Waals surface area contributed by atoms with Gasteiger partial charge in [-0.2, -0.15) is 5.10 Å². The van der Waals surface area contributed by atoms with Crippen molar-refractivity contribution in [1.29, 1.82) is 0 Å². The molecule has 0 bridgehead atoms. The number of nitrogens with zero attached hydrogens (tertiary/aromatic N) is 3. The number of piperazine rings is 1. The number of hydrogen-bond acceptors (Lipinski definition) is 6. The number of aliphatic carboxylic acids is 1. The molecule has 2 N–H and O–H groups in total. The number of benzene rings is 2. The van der Waals surface area contributed by atoms with Crippen LogP contribution in [0.4, 0.5) is 0 Å². The summed E-state index contributed by atoms with van der Waals surface area (Å²) in [5.74, 6) is -0.849. The Morgan fingerprint density at radius 2 is 1.67 bits per heavy atom. The lowest BCUT2D eigenvalue weighted by Gasteiger charge is -2.34. The molecular weight excluding hydrogens is 384 g/mol. The van der Waals surface area contributed by atoms with Crippen molar-refractivity contribution in [1.82, 2.24) is 15.2 Å². The molecule has 1 fully saturated rings. The van der Waals surface area contributed by atoms with Crippen molar-refractivity contribution < 1.29 is 19.4 Å². The van der Waals surface area contributed by atoms with E-state index in [1.165, 1.54) is 11.8 Å². The van der Waals surface area contributed by atoms with Gasteiger partial charge in [-0.15, -0.1) is 0 Å². The fourth-order valence-electron chi connectivity index (χ4n) is 3.22. The average molecular weight is 410 g/mol. The molecule has 1 amide bonds. The monoisotopic (exact) mass is 410 g/mol. The van der Waals surface area contributed by atoms with E-state index in [0.29, 0.717) is 11.3 Å². The maximum absolute atomic E-state index is 12.2. The van der Waals surface area contributed by atoms with Crippen molar-refractivity contribution in [2.45, 2.75) is 6.54 Å².